The Bertz CT molecular complexity index is 611. The van der Waals surface area contributed by atoms with Crippen LogP contribution < -0.4 is 0 Å². The van der Waals surface area contributed by atoms with Crippen LogP contribution in [0.3, 0.4) is 0 Å². The Balaban J connectivity index is 0. The zero-order valence-corrected chi connectivity index (χ0v) is 12.4. The molecule has 0 unspecified atom stereocenters. The van der Waals surface area contributed by atoms with Crippen molar-refractivity contribution in [2.24, 2.45) is 0 Å². The van der Waals surface area contributed by atoms with E-state index in [9.17, 15) is 20.2 Å². The fraction of sp³-hybridized carbons (Fsp3) is 0. The van der Waals surface area contributed by atoms with E-state index in [4.69, 9.17) is 43.6 Å². The highest BCUT2D eigenvalue weighted by molar-refractivity contribution is 7.45. The summed E-state index contributed by atoms with van der Waals surface area (Å²) in [6.45, 7) is 0. The van der Waals surface area contributed by atoms with Gasteiger partial charge in [-0.3, -0.25) is 20.2 Å². The number of benzene rings is 1. The molecule has 0 aliphatic heterocycles. The zero-order valence-electron chi connectivity index (χ0n) is 10.6. The monoisotopic (exact) mass is 380 g/mol. The summed E-state index contributed by atoms with van der Waals surface area (Å²) in [4.78, 5) is 61.8. The average molecular weight is 380 g/mol. The van der Waals surface area contributed by atoms with Gasteiger partial charge in [0.15, 0.2) is 0 Å². The van der Waals surface area contributed by atoms with E-state index in [0.29, 0.717) is 0 Å². The molecule has 0 amide bonds. The van der Waals surface area contributed by atoms with Crippen LogP contribution in [0.2, 0.25) is 0 Å². The van der Waals surface area contributed by atoms with Crippen LogP contribution in [0.25, 0.3) is 0 Å². The van der Waals surface area contributed by atoms with E-state index in [0.717, 1.165) is 12.1 Å². The van der Waals surface area contributed by atoms with Crippen molar-refractivity contribution in [1.82, 2.24) is 0 Å². The molecule has 132 valence electrons. The molecular formula is C6H10N2O13P2. The van der Waals surface area contributed by atoms with Crippen molar-refractivity contribution in [3.63, 3.8) is 0 Å². The van der Waals surface area contributed by atoms with Crippen LogP contribution >= 0.6 is 15.6 Å². The number of nitro benzene ring substituents is 2. The van der Waals surface area contributed by atoms with Gasteiger partial charge in [-0.25, -0.2) is 9.13 Å². The lowest BCUT2D eigenvalue weighted by molar-refractivity contribution is -0.423. The fourth-order valence-corrected chi connectivity index (χ4v) is 0.854. The second kappa shape index (κ2) is 9.24. The second-order valence-corrected chi connectivity index (χ2v) is 5.24. The Morgan fingerprint density at radius 1 is 0.826 bits per heavy atom. The van der Waals surface area contributed by atoms with Crippen LogP contribution in [-0.4, -0.2) is 44.3 Å². The number of nitro groups is 2. The maximum absolute atomic E-state index is 10.3. The van der Waals surface area contributed by atoms with Gasteiger partial charge in [0.2, 0.25) is 5.75 Å². The third-order valence-electron chi connectivity index (χ3n) is 1.37. The van der Waals surface area contributed by atoms with Crippen molar-refractivity contribution < 1.29 is 53.4 Å². The van der Waals surface area contributed by atoms with Gasteiger partial charge in [0.05, 0.1) is 9.85 Å². The summed E-state index contributed by atoms with van der Waals surface area (Å²) in [5.41, 5.74) is -1.60. The second-order valence-electron chi connectivity index (χ2n) is 3.19. The van der Waals surface area contributed by atoms with Gasteiger partial charge in [-0.2, -0.15) is 0 Å². The van der Waals surface area contributed by atoms with Crippen LogP contribution in [0.1, 0.15) is 0 Å². The van der Waals surface area contributed by atoms with Crippen LogP contribution in [0.5, 0.6) is 5.75 Å². The van der Waals surface area contributed by atoms with E-state index < -0.39 is 42.6 Å². The molecule has 0 spiro atoms. The number of nitrogens with zero attached hydrogens (tertiary/aromatic N) is 2. The predicted octanol–water partition coefficient (Wildman–Crippen LogP) is -0.649. The van der Waals surface area contributed by atoms with Gasteiger partial charge in [-0.05, 0) is 6.07 Å². The Labute approximate surface area is 125 Å². The minimum Gasteiger partial charge on any atom is -0.502 e. The summed E-state index contributed by atoms with van der Waals surface area (Å²) < 4.78 is 17.8. The van der Waals surface area contributed by atoms with E-state index in [1.54, 1.807) is 0 Å². The molecule has 1 rings (SSSR count). The molecule has 0 aliphatic rings. The van der Waals surface area contributed by atoms with Crippen LogP contribution in [-0.2, 0) is 9.13 Å². The molecule has 0 radical (unpaired) electrons. The highest BCUT2D eigenvalue weighted by Gasteiger charge is 2.27. The predicted molar refractivity (Wildman–Crippen MR) is 69.9 cm³/mol. The Morgan fingerprint density at radius 2 is 1.17 bits per heavy atom. The molecule has 1 aromatic carbocycles. The number of para-hydroxylation sites is 1. The molecule has 0 fully saturated rings. The summed E-state index contributed by atoms with van der Waals surface area (Å²) in [6.07, 6.45) is 0. The molecular weight excluding hydrogens is 370 g/mol. The molecule has 1 aromatic rings. The number of phenols is 1. The summed E-state index contributed by atoms with van der Waals surface area (Å²) in [5, 5.41) is 29.5. The summed E-state index contributed by atoms with van der Waals surface area (Å²) in [7, 11) is -9.28. The Morgan fingerprint density at radius 3 is 1.39 bits per heavy atom. The smallest absolute Gasteiger partial charge is 0.466 e. The SMILES string of the molecule is O=P(O)(O)O.O=P(O)(O)O.O=[N+]([O-])c1cccc(O)c1[N+](=O)[O-]. The first-order valence-electron chi connectivity index (χ1n) is 4.71. The first-order valence-corrected chi connectivity index (χ1v) is 7.84. The van der Waals surface area contributed by atoms with Gasteiger partial charge >= 0.3 is 27.0 Å². The van der Waals surface area contributed by atoms with Gasteiger partial charge in [0.1, 0.15) is 0 Å². The van der Waals surface area contributed by atoms with E-state index >= 15 is 0 Å². The zero-order chi connectivity index (χ0) is 19.0. The van der Waals surface area contributed by atoms with E-state index in [1.807, 2.05) is 0 Å². The third kappa shape index (κ3) is 16.2. The minimum absolute atomic E-state index is 0.709. The standard InChI is InChI=1S/C6H4N2O5.2H3O4P/c9-5-3-1-2-4(7(10)11)6(5)8(12)13;2*1-5(2,3)4/h1-3,9H;2*(H3,1,2,3,4). The van der Waals surface area contributed by atoms with Crippen molar-refractivity contribution in [2.45, 2.75) is 0 Å². The van der Waals surface area contributed by atoms with Crippen molar-refractivity contribution in [2.75, 3.05) is 0 Å². The van der Waals surface area contributed by atoms with Gasteiger partial charge in [0.25, 0.3) is 0 Å². The minimum atomic E-state index is -4.64. The van der Waals surface area contributed by atoms with Gasteiger partial charge in [0, 0.05) is 6.07 Å². The molecule has 17 heteroatoms. The molecule has 23 heavy (non-hydrogen) atoms. The first-order chi connectivity index (χ1) is 10.0. The van der Waals surface area contributed by atoms with Gasteiger partial charge < -0.3 is 34.5 Å². The fourth-order valence-electron chi connectivity index (χ4n) is 0.854. The van der Waals surface area contributed by atoms with Crippen molar-refractivity contribution in [1.29, 1.82) is 0 Å². The topological polar surface area (TPSA) is 262 Å². The van der Waals surface area contributed by atoms with E-state index in [1.165, 1.54) is 6.07 Å². The molecule has 0 saturated carbocycles. The summed E-state index contributed by atoms with van der Waals surface area (Å²) >= 11 is 0. The van der Waals surface area contributed by atoms with Crippen molar-refractivity contribution in [3.05, 3.63) is 38.4 Å². The van der Waals surface area contributed by atoms with Gasteiger partial charge in [-0.15, -0.1) is 0 Å². The normalized spacial score (nSPS) is 10.5. The quantitative estimate of drug-likeness (QED) is 0.191. The number of phenolic OH excluding ortho intramolecular Hbond substituents is 1. The van der Waals surface area contributed by atoms with Crippen molar-refractivity contribution in [3.8, 4) is 5.75 Å². The molecule has 0 heterocycles. The third-order valence-corrected chi connectivity index (χ3v) is 1.37. The number of rotatable bonds is 2. The van der Waals surface area contributed by atoms with Crippen LogP contribution in [0, 0.1) is 20.2 Å². The first kappa shape index (κ1) is 23.3. The molecule has 0 atom stereocenters. The van der Waals surface area contributed by atoms with E-state index in [2.05, 4.69) is 0 Å². The molecule has 7 N–H and O–H groups in total. The van der Waals surface area contributed by atoms with Gasteiger partial charge in [-0.1, -0.05) is 6.07 Å². The Hall–Kier alpha value is -1.96. The number of aromatic hydroxyl groups is 1. The van der Waals surface area contributed by atoms with E-state index in [-0.39, 0.29) is 0 Å². The number of phosphoric acid groups is 2. The number of hydrogen-bond acceptors (Lipinski definition) is 7. The lowest BCUT2D eigenvalue weighted by atomic mass is 10.2. The maximum atomic E-state index is 10.3. The Kier molecular flexibility index (Phi) is 9.36. The number of hydrogen-bond donors (Lipinski definition) is 7. The molecule has 0 bridgehead atoms. The highest BCUT2D eigenvalue weighted by atomic mass is 31.2. The largest absolute Gasteiger partial charge is 0.502 e. The lowest BCUT2D eigenvalue weighted by Gasteiger charge is -1.95. The maximum Gasteiger partial charge on any atom is 0.466 e. The van der Waals surface area contributed by atoms with Crippen LogP contribution in [0.4, 0.5) is 11.4 Å². The molecule has 0 saturated heterocycles. The average Bonchev–Trinajstić information content (AvgIpc) is 2.23. The lowest BCUT2D eigenvalue weighted by Crippen LogP contribution is -1.96. The molecule has 0 aliphatic carbocycles. The highest BCUT2D eigenvalue weighted by Crippen LogP contribution is 2.34. The summed E-state index contributed by atoms with van der Waals surface area (Å²) in [6, 6.07) is 3.14. The molecule has 0 aromatic heterocycles. The molecule has 15 nitrogen and oxygen atoms in total. The van der Waals surface area contributed by atoms with Crippen LogP contribution in [0.15, 0.2) is 18.2 Å². The summed E-state index contributed by atoms with van der Waals surface area (Å²) in [5.74, 6) is -0.709. The van der Waals surface area contributed by atoms with Crippen molar-refractivity contribution >= 4 is 27.0 Å².